The first-order valence-corrected chi connectivity index (χ1v) is 2.15. The molecule has 1 heterocycles. The lowest BCUT2D eigenvalue weighted by Crippen LogP contribution is -1.81. The Labute approximate surface area is 54.3 Å². The minimum Gasteiger partial charge on any atom is -0.449 e. The zero-order valence-electron chi connectivity index (χ0n) is 4.55. The van der Waals surface area contributed by atoms with Crippen LogP contribution in [-0.2, 0) is 0 Å². The van der Waals surface area contributed by atoms with Crippen molar-refractivity contribution in [2.75, 3.05) is 12.4 Å². The molecule has 0 fully saturated rings. The minimum absolute atomic E-state index is 0. The molecule has 0 amide bonds. The molecule has 8 heavy (non-hydrogen) atoms. The van der Waals surface area contributed by atoms with E-state index in [4.69, 9.17) is 4.42 Å². The molecule has 0 spiro atoms. The number of furan rings is 1. The van der Waals surface area contributed by atoms with E-state index in [0.717, 1.165) is 5.88 Å². The highest BCUT2D eigenvalue weighted by Gasteiger charge is 1.82. The summed E-state index contributed by atoms with van der Waals surface area (Å²) < 4.78 is 4.87. The Bertz CT molecular complexity index is 127. The monoisotopic (exact) mass is 133 g/mol. The van der Waals surface area contributed by atoms with Gasteiger partial charge < -0.3 is 9.73 Å². The van der Waals surface area contributed by atoms with Crippen molar-refractivity contribution in [3.63, 3.8) is 0 Å². The summed E-state index contributed by atoms with van der Waals surface area (Å²) in [5.74, 6) is 0.806. The van der Waals surface area contributed by atoms with E-state index in [1.165, 1.54) is 0 Å². The Kier molecular flexibility index (Phi) is 3.12. The molecule has 3 heteroatoms. The van der Waals surface area contributed by atoms with Crippen molar-refractivity contribution in [3.05, 3.63) is 18.4 Å². The molecule has 0 bridgehead atoms. The predicted octanol–water partition coefficient (Wildman–Crippen LogP) is 1.74. The van der Waals surface area contributed by atoms with Crippen molar-refractivity contribution in [2.24, 2.45) is 0 Å². The van der Waals surface area contributed by atoms with E-state index in [0.29, 0.717) is 0 Å². The van der Waals surface area contributed by atoms with Gasteiger partial charge in [0.2, 0.25) is 0 Å². The maximum Gasteiger partial charge on any atom is 0.192 e. The lowest BCUT2D eigenvalue weighted by Gasteiger charge is -1.85. The fourth-order valence-electron chi connectivity index (χ4n) is 0.421. The topological polar surface area (TPSA) is 25.2 Å². The van der Waals surface area contributed by atoms with Crippen LogP contribution in [0, 0.1) is 0 Å². The van der Waals surface area contributed by atoms with Crippen molar-refractivity contribution in [2.45, 2.75) is 0 Å². The highest BCUT2D eigenvalue weighted by atomic mass is 35.5. The molecule has 0 aliphatic rings. The largest absolute Gasteiger partial charge is 0.449 e. The Balaban J connectivity index is 0.000000490. The molecule has 0 aliphatic heterocycles. The first-order valence-electron chi connectivity index (χ1n) is 2.15. The van der Waals surface area contributed by atoms with E-state index in [1.807, 2.05) is 19.2 Å². The first-order chi connectivity index (χ1) is 3.43. The molecule has 1 aromatic heterocycles. The van der Waals surface area contributed by atoms with Gasteiger partial charge in [-0.3, -0.25) is 0 Å². The summed E-state index contributed by atoms with van der Waals surface area (Å²) in [7, 11) is 1.82. The highest BCUT2D eigenvalue weighted by molar-refractivity contribution is 5.85. The van der Waals surface area contributed by atoms with Crippen LogP contribution in [0.1, 0.15) is 0 Å². The van der Waals surface area contributed by atoms with Gasteiger partial charge in [0.25, 0.3) is 0 Å². The van der Waals surface area contributed by atoms with E-state index in [-0.39, 0.29) is 12.4 Å². The SMILES string of the molecule is CNc1ccco1.Cl. The Morgan fingerprint density at radius 1 is 1.62 bits per heavy atom. The van der Waals surface area contributed by atoms with Gasteiger partial charge in [0, 0.05) is 13.1 Å². The summed E-state index contributed by atoms with van der Waals surface area (Å²) in [6.07, 6.45) is 1.63. The van der Waals surface area contributed by atoms with Crippen LogP contribution in [0.4, 0.5) is 5.88 Å². The van der Waals surface area contributed by atoms with Crippen molar-refractivity contribution in [1.82, 2.24) is 0 Å². The molecule has 0 saturated heterocycles. The van der Waals surface area contributed by atoms with Gasteiger partial charge in [-0.2, -0.15) is 0 Å². The van der Waals surface area contributed by atoms with Crippen LogP contribution in [-0.4, -0.2) is 7.05 Å². The zero-order valence-corrected chi connectivity index (χ0v) is 5.37. The van der Waals surface area contributed by atoms with Gasteiger partial charge in [0.15, 0.2) is 5.88 Å². The van der Waals surface area contributed by atoms with Crippen LogP contribution < -0.4 is 5.32 Å². The second kappa shape index (κ2) is 3.38. The Hall–Kier alpha value is -0.630. The average molecular weight is 134 g/mol. The molecule has 0 unspecified atom stereocenters. The lowest BCUT2D eigenvalue weighted by molar-refractivity contribution is 0.583. The maximum absolute atomic E-state index is 4.87. The molecule has 1 rings (SSSR count). The molecule has 0 aliphatic carbocycles. The highest BCUT2D eigenvalue weighted by Crippen LogP contribution is 2.03. The predicted molar refractivity (Wildman–Crippen MR) is 35.5 cm³/mol. The number of anilines is 1. The van der Waals surface area contributed by atoms with E-state index >= 15 is 0 Å². The molecule has 0 aromatic carbocycles. The number of nitrogens with one attached hydrogen (secondary N) is 1. The third-order valence-electron chi connectivity index (χ3n) is 0.768. The van der Waals surface area contributed by atoms with Crippen LogP contribution in [0.25, 0.3) is 0 Å². The normalized spacial score (nSPS) is 7.62. The number of rotatable bonds is 1. The van der Waals surface area contributed by atoms with Gasteiger partial charge in [-0.25, -0.2) is 0 Å². The minimum atomic E-state index is 0. The fourth-order valence-corrected chi connectivity index (χ4v) is 0.421. The Morgan fingerprint density at radius 2 is 2.38 bits per heavy atom. The van der Waals surface area contributed by atoms with Crippen LogP contribution in [0.2, 0.25) is 0 Å². The molecule has 1 N–H and O–H groups in total. The van der Waals surface area contributed by atoms with Crippen LogP contribution in [0.15, 0.2) is 22.8 Å². The van der Waals surface area contributed by atoms with E-state index in [9.17, 15) is 0 Å². The first kappa shape index (κ1) is 7.37. The molecule has 0 saturated carbocycles. The lowest BCUT2D eigenvalue weighted by atomic mass is 10.6. The summed E-state index contributed by atoms with van der Waals surface area (Å²) in [6.45, 7) is 0. The summed E-state index contributed by atoms with van der Waals surface area (Å²) >= 11 is 0. The van der Waals surface area contributed by atoms with Gasteiger partial charge in [0.05, 0.1) is 6.26 Å². The van der Waals surface area contributed by atoms with Gasteiger partial charge >= 0.3 is 0 Å². The average Bonchev–Trinajstić information content (AvgIpc) is 2.14. The second-order valence-electron chi connectivity index (χ2n) is 1.23. The van der Waals surface area contributed by atoms with Crippen molar-refractivity contribution in [3.8, 4) is 0 Å². The van der Waals surface area contributed by atoms with Crippen molar-refractivity contribution < 1.29 is 4.42 Å². The Morgan fingerprint density at radius 3 is 2.62 bits per heavy atom. The van der Waals surface area contributed by atoms with Gasteiger partial charge in [0.1, 0.15) is 0 Å². The number of hydrogen-bond acceptors (Lipinski definition) is 2. The summed E-state index contributed by atoms with van der Waals surface area (Å²) in [5.41, 5.74) is 0. The third kappa shape index (κ3) is 1.46. The van der Waals surface area contributed by atoms with E-state index in [1.54, 1.807) is 6.26 Å². The van der Waals surface area contributed by atoms with Crippen LogP contribution >= 0.6 is 12.4 Å². The second-order valence-corrected chi connectivity index (χ2v) is 1.23. The molecule has 0 radical (unpaired) electrons. The number of halogens is 1. The fraction of sp³-hybridized carbons (Fsp3) is 0.200. The molecular weight excluding hydrogens is 126 g/mol. The summed E-state index contributed by atoms with van der Waals surface area (Å²) in [6, 6.07) is 3.70. The molecule has 46 valence electrons. The van der Waals surface area contributed by atoms with E-state index < -0.39 is 0 Å². The van der Waals surface area contributed by atoms with Gasteiger partial charge in [-0.05, 0) is 6.07 Å². The molecule has 2 nitrogen and oxygen atoms in total. The smallest absolute Gasteiger partial charge is 0.192 e. The van der Waals surface area contributed by atoms with Crippen LogP contribution in [0.3, 0.4) is 0 Å². The maximum atomic E-state index is 4.87. The zero-order chi connectivity index (χ0) is 5.11. The molecular formula is C5H8ClNO. The standard InChI is InChI=1S/C5H7NO.ClH/c1-6-5-3-2-4-7-5;/h2-4,6H,1H3;1H. The third-order valence-corrected chi connectivity index (χ3v) is 0.768. The summed E-state index contributed by atoms with van der Waals surface area (Å²) in [5, 5.41) is 2.84. The summed E-state index contributed by atoms with van der Waals surface area (Å²) in [4.78, 5) is 0. The van der Waals surface area contributed by atoms with Gasteiger partial charge in [-0.1, -0.05) is 0 Å². The number of hydrogen-bond donors (Lipinski definition) is 1. The van der Waals surface area contributed by atoms with E-state index in [2.05, 4.69) is 5.32 Å². The molecule has 0 atom stereocenters. The van der Waals surface area contributed by atoms with Crippen molar-refractivity contribution in [1.29, 1.82) is 0 Å². The quantitative estimate of drug-likeness (QED) is 0.632. The van der Waals surface area contributed by atoms with Crippen LogP contribution in [0.5, 0.6) is 0 Å². The molecule has 1 aromatic rings. The van der Waals surface area contributed by atoms with Gasteiger partial charge in [-0.15, -0.1) is 12.4 Å². The van der Waals surface area contributed by atoms with Crippen molar-refractivity contribution >= 4 is 18.3 Å².